The Balaban J connectivity index is 0.000000224. The van der Waals surface area contributed by atoms with E-state index >= 15 is 0 Å². The van der Waals surface area contributed by atoms with Crippen LogP contribution in [0.3, 0.4) is 0 Å². The zero-order valence-electron chi connectivity index (χ0n) is 13.9. The highest BCUT2D eigenvalue weighted by atomic mass is 16.5. The largest absolute Gasteiger partial charge is 0.379 e. The van der Waals surface area contributed by atoms with E-state index in [0.717, 1.165) is 24.9 Å². The molecule has 1 unspecified atom stereocenters. The third-order valence-electron chi connectivity index (χ3n) is 4.91. The molecule has 19 heavy (non-hydrogen) atoms. The minimum absolute atomic E-state index is 0.0833. The van der Waals surface area contributed by atoms with Crippen LogP contribution < -0.4 is 0 Å². The van der Waals surface area contributed by atoms with Gasteiger partial charge in [-0.2, -0.15) is 0 Å². The number of rotatable bonds is 3. The molecule has 0 bridgehead atoms. The summed E-state index contributed by atoms with van der Waals surface area (Å²) in [4.78, 5) is 0. The quantitative estimate of drug-likeness (QED) is 0.732. The van der Waals surface area contributed by atoms with Crippen molar-refractivity contribution in [1.29, 1.82) is 0 Å². The summed E-state index contributed by atoms with van der Waals surface area (Å²) in [7, 11) is 1.74. The van der Waals surface area contributed by atoms with E-state index in [1.807, 2.05) is 0 Å². The zero-order chi connectivity index (χ0) is 14.5. The van der Waals surface area contributed by atoms with Crippen LogP contribution in [0.2, 0.25) is 0 Å². The predicted molar refractivity (Wildman–Crippen MR) is 81.5 cm³/mol. The molecule has 2 heteroatoms. The van der Waals surface area contributed by atoms with E-state index in [-0.39, 0.29) is 11.2 Å². The molecule has 2 aliphatic rings. The standard InChI is InChI=1S/C11H20O.C6H14O/c1-11(2)7-10(8-12-11)9-5-3-4-6-9;1-5-6(2,3)7-4/h9-10H,3-8H2,1-2H3;5H2,1-4H3. The molecule has 1 aliphatic carbocycles. The molecule has 2 rings (SSSR count). The first-order valence-corrected chi connectivity index (χ1v) is 7.99. The first-order valence-electron chi connectivity index (χ1n) is 7.99. The summed E-state index contributed by atoms with van der Waals surface area (Å²) in [6.45, 7) is 11.7. The summed E-state index contributed by atoms with van der Waals surface area (Å²) in [6.07, 6.45) is 8.21. The Hall–Kier alpha value is -0.0800. The van der Waals surface area contributed by atoms with Crippen LogP contribution in [0.15, 0.2) is 0 Å². The van der Waals surface area contributed by atoms with Gasteiger partial charge in [-0.25, -0.2) is 0 Å². The van der Waals surface area contributed by atoms with Crippen molar-refractivity contribution in [3.05, 3.63) is 0 Å². The van der Waals surface area contributed by atoms with E-state index in [1.54, 1.807) is 7.11 Å². The summed E-state index contributed by atoms with van der Waals surface area (Å²) >= 11 is 0. The lowest BCUT2D eigenvalue weighted by atomic mass is 9.86. The SMILES string of the molecule is CC1(C)CC(C2CCCC2)CO1.CCC(C)(C)OC. The van der Waals surface area contributed by atoms with E-state index < -0.39 is 0 Å². The van der Waals surface area contributed by atoms with Crippen molar-refractivity contribution in [2.75, 3.05) is 13.7 Å². The van der Waals surface area contributed by atoms with Crippen LogP contribution in [-0.2, 0) is 9.47 Å². The van der Waals surface area contributed by atoms with Crippen LogP contribution in [0.1, 0.15) is 73.1 Å². The van der Waals surface area contributed by atoms with Gasteiger partial charge in [-0.3, -0.25) is 0 Å². The van der Waals surface area contributed by atoms with Crippen molar-refractivity contribution < 1.29 is 9.47 Å². The second-order valence-corrected chi connectivity index (χ2v) is 7.40. The predicted octanol–water partition coefficient (Wildman–Crippen LogP) is 4.81. The Kier molecular flexibility index (Phi) is 6.32. The summed E-state index contributed by atoms with van der Waals surface area (Å²) in [5.41, 5.74) is 0.257. The van der Waals surface area contributed by atoms with Crippen molar-refractivity contribution in [3.8, 4) is 0 Å². The number of hydrogen-bond acceptors (Lipinski definition) is 2. The monoisotopic (exact) mass is 270 g/mol. The molecule has 0 amide bonds. The average Bonchev–Trinajstić information content (AvgIpc) is 2.99. The third kappa shape index (κ3) is 5.83. The molecule has 0 N–H and O–H groups in total. The van der Waals surface area contributed by atoms with E-state index in [1.165, 1.54) is 32.1 Å². The van der Waals surface area contributed by atoms with E-state index in [2.05, 4.69) is 34.6 Å². The molecule has 114 valence electrons. The molecule has 1 saturated carbocycles. The average molecular weight is 270 g/mol. The Morgan fingerprint density at radius 1 is 1.16 bits per heavy atom. The first kappa shape index (κ1) is 17.0. The molecule has 0 aromatic carbocycles. The molecule has 2 fully saturated rings. The number of hydrogen-bond donors (Lipinski definition) is 0. The van der Waals surface area contributed by atoms with Gasteiger partial charge < -0.3 is 9.47 Å². The number of methoxy groups -OCH3 is 1. The second kappa shape index (κ2) is 7.08. The van der Waals surface area contributed by atoms with Gasteiger partial charge >= 0.3 is 0 Å². The Morgan fingerprint density at radius 3 is 2.05 bits per heavy atom. The Labute approximate surface area is 120 Å². The van der Waals surface area contributed by atoms with Crippen LogP contribution in [0.5, 0.6) is 0 Å². The molecule has 2 nitrogen and oxygen atoms in total. The maximum absolute atomic E-state index is 5.77. The molecular weight excluding hydrogens is 236 g/mol. The van der Waals surface area contributed by atoms with Gasteiger partial charge in [-0.15, -0.1) is 0 Å². The lowest BCUT2D eigenvalue weighted by molar-refractivity contribution is 0.0196. The second-order valence-electron chi connectivity index (χ2n) is 7.40. The van der Waals surface area contributed by atoms with Crippen molar-refractivity contribution in [3.63, 3.8) is 0 Å². The molecule has 1 saturated heterocycles. The fourth-order valence-electron chi connectivity index (χ4n) is 2.96. The highest BCUT2D eigenvalue weighted by Crippen LogP contribution is 2.40. The summed E-state index contributed by atoms with van der Waals surface area (Å²) < 4.78 is 10.9. The minimum atomic E-state index is 0.0833. The Bertz CT molecular complexity index is 246. The highest BCUT2D eigenvalue weighted by molar-refractivity contribution is 4.86. The van der Waals surface area contributed by atoms with Crippen LogP contribution in [0.4, 0.5) is 0 Å². The summed E-state index contributed by atoms with van der Waals surface area (Å²) in [6, 6.07) is 0. The molecule has 0 radical (unpaired) electrons. The van der Waals surface area contributed by atoms with E-state index in [0.29, 0.717) is 0 Å². The van der Waals surface area contributed by atoms with Crippen molar-refractivity contribution in [2.45, 2.75) is 84.3 Å². The smallest absolute Gasteiger partial charge is 0.0630 e. The highest BCUT2D eigenvalue weighted by Gasteiger charge is 2.37. The lowest BCUT2D eigenvalue weighted by Gasteiger charge is -2.19. The van der Waals surface area contributed by atoms with E-state index in [9.17, 15) is 0 Å². The number of ether oxygens (including phenoxy) is 2. The van der Waals surface area contributed by atoms with Crippen LogP contribution >= 0.6 is 0 Å². The lowest BCUT2D eigenvalue weighted by Crippen LogP contribution is -2.20. The normalized spacial score (nSPS) is 27.2. The maximum Gasteiger partial charge on any atom is 0.0630 e. The fourth-order valence-corrected chi connectivity index (χ4v) is 2.96. The maximum atomic E-state index is 5.77. The molecule has 0 spiro atoms. The van der Waals surface area contributed by atoms with Gasteiger partial charge in [0, 0.05) is 7.11 Å². The molecule has 1 heterocycles. The van der Waals surface area contributed by atoms with Crippen LogP contribution in [0.25, 0.3) is 0 Å². The topological polar surface area (TPSA) is 18.5 Å². The third-order valence-corrected chi connectivity index (χ3v) is 4.91. The van der Waals surface area contributed by atoms with Gasteiger partial charge in [0.2, 0.25) is 0 Å². The molecule has 0 aromatic rings. The van der Waals surface area contributed by atoms with Crippen LogP contribution in [-0.4, -0.2) is 24.9 Å². The van der Waals surface area contributed by atoms with Crippen molar-refractivity contribution >= 4 is 0 Å². The van der Waals surface area contributed by atoms with Gasteiger partial charge in [0.05, 0.1) is 17.8 Å². The first-order chi connectivity index (χ1) is 8.79. The van der Waals surface area contributed by atoms with Gasteiger partial charge in [-0.05, 0) is 52.4 Å². The minimum Gasteiger partial charge on any atom is -0.379 e. The molecular formula is C17H34O2. The van der Waals surface area contributed by atoms with Crippen molar-refractivity contribution in [1.82, 2.24) is 0 Å². The van der Waals surface area contributed by atoms with Gasteiger partial charge in [0.1, 0.15) is 0 Å². The van der Waals surface area contributed by atoms with Gasteiger partial charge in [0.25, 0.3) is 0 Å². The Morgan fingerprint density at radius 2 is 1.74 bits per heavy atom. The van der Waals surface area contributed by atoms with E-state index in [4.69, 9.17) is 9.47 Å². The van der Waals surface area contributed by atoms with Gasteiger partial charge in [0.15, 0.2) is 0 Å². The zero-order valence-corrected chi connectivity index (χ0v) is 13.9. The molecule has 1 atom stereocenters. The summed E-state index contributed by atoms with van der Waals surface area (Å²) in [5.74, 6) is 1.87. The fraction of sp³-hybridized carbons (Fsp3) is 1.00. The van der Waals surface area contributed by atoms with Gasteiger partial charge in [-0.1, -0.05) is 32.6 Å². The molecule has 1 aliphatic heterocycles. The summed E-state index contributed by atoms with van der Waals surface area (Å²) in [5, 5.41) is 0. The van der Waals surface area contributed by atoms with Crippen molar-refractivity contribution in [2.24, 2.45) is 11.8 Å². The molecule has 0 aromatic heterocycles. The van der Waals surface area contributed by atoms with Crippen LogP contribution in [0, 0.1) is 11.8 Å².